The Kier molecular flexibility index (Phi) is 7.78. The molecular formula is C24H31N3OS. The molecule has 0 saturated carbocycles. The van der Waals surface area contributed by atoms with Crippen molar-refractivity contribution in [3.05, 3.63) is 59.7 Å². The fourth-order valence-electron chi connectivity index (χ4n) is 3.43. The van der Waals surface area contributed by atoms with Gasteiger partial charge in [0.1, 0.15) is 0 Å². The van der Waals surface area contributed by atoms with E-state index in [1.807, 2.05) is 23.1 Å². The maximum atomic E-state index is 13.2. The quantitative estimate of drug-likeness (QED) is 0.464. The van der Waals surface area contributed by atoms with Crippen molar-refractivity contribution in [2.24, 2.45) is 0 Å². The SMILES string of the molecule is CCc1ccc2nc(N(CCN(CC)CC)C(=O)CCc3ccccc3)sc2c1. The van der Waals surface area contributed by atoms with Gasteiger partial charge in [-0.15, -0.1) is 0 Å². The van der Waals surface area contributed by atoms with Crippen LogP contribution in [0.25, 0.3) is 10.2 Å². The lowest BCUT2D eigenvalue weighted by atomic mass is 10.1. The third-order valence-corrected chi connectivity index (χ3v) is 6.43. The predicted molar refractivity (Wildman–Crippen MR) is 124 cm³/mol. The van der Waals surface area contributed by atoms with Crippen LogP contribution >= 0.6 is 11.3 Å². The molecule has 1 amide bonds. The van der Waals surface area contributed by atoms with Crippen molar-refractivity contribution < 1.29 is 4.79 Å². The van der Waals surface area contributed by atoms with Crippen LogP contribution in [-0.2, 0) is 17.6 Å². The van der Waals surface area contributed by atoms with Crippen molar-refractivity contribution in [2.45, 2.75) is 40.0 Å². The van der Waals surface area contributed by atoms with Gasteiger partial charge in [0.2, 0.25) is 5.91 Å². The van der Waals surface area contributed by atoms with Gasteiger partial charge in [-0.3, -0.25) is 9.69 Å². The van der Waals surface area contributed by atoms with Gasteiger partial charge >= 0.3 is 0 Å². The third-order valence-electron chi connectivity index (χ3n) is 5.39. The number of aromatic nitrogens is 1. The van der Waals surface area contributed by atoms with Crippen LogP contribution in [0, 0.1) is 0 Å². The molecule has 0 unspecified atom stereocenters. The van der Waals surface area contributed by atoms with Crippen LogP contribution in [-0.4, -0.2) is 42.0 Å². The van der Waals surface area contributed by atoms with Crippen LogP contribution in [0.5, 0.6) is 0 Å². The summed E-state index contributed by atoms with van der Waals surface area (Å²) in [6.07, 6.45) is 2.26. The maximum absolute atomic E-state index is 13.2. The number of carbonyl (C=O) groups is 1. The fourth-order valence-corrected chi connectivity index (χ4v) is 4.50. The van der Waals surface area contributed by atoms with E-state index in [-0.39, 0.29) is 5.91 Å². The van der Waals surface area contributed by atoms with Gasteiger partial charge in [-0.1, -0.05) is 68.5 Å². The highest BCUT2D eigenvalue weighted by Crippen LogP contribution is 2.30. The number of fused-ring (bicyclic) bond motifs is 1. The first kappa shape index (κ1) is 21.5. The van der Waals surface area contributed by atoms with E-state index in [9.17, 15) is 4.79 Å². The van der Waals surface area contributed by atoms with Gasteiger partial charge in [-0.25, -0.2) is 4.98 Å². The predicted octanol–water partition coefficient (Wildman–Crippen LogP) is 5.17. The number of aryl methyl sites for hydroxylation is 2. The molecule has 4 nitrogen and oxygen atoms in total. The molecule has 0 radical (unpaired) electrons. The molecular weight excluding hydrogens is 378 g/mol. The summed E-state index contributed by atoms with van der Waals surface area (Å²) in [5.74, 6) is 0.149. The normalized spacial score (nSPS) is 11.3. The molecule has 0 fully saturated rings. The van der Waals surface area contributed by atoms with Crippen LogP contribution in [0.1, 0.15) is 38.3 Å². The lowest BCUT2D eigenvalue weighted by molar-refractivity contribution is -0.118. The summed E-state index contributed by atoms with van der Waals surface area (Å²) in [6, 6.07) is 16.6. The molecule has 0 saturated heterocycles. The second-order valence-corrected chi connectivity index (χ2v) is 8.22. The first-order valence-electron chi connectivity index (χ1n) is 10.6. The van der Waals surface area contributed by atoms with Crippen LogP contribution in [0.15, 0.2) is 48.5 Å². The second kappa shape index (κ2) is 10.5. The Morgan fingerprint density at radius 1 is 0.966 bits per heavy atom. The van der Waals surface area contributed by atoms with Crippen molar-refractivity contribution in [3.63, 3.8) is 0 Å². The molecule has 0 atom stereocenters. The Hall–Kier alpha value is -2.24. The van der Waals surface area contributed by atoms with Gasteiger partial charge in [0.25, 0.3) is 0 Å². The van der Waals surface area contributed by atoms with Crippen molar-refractivity contribution >= 4 is 32.6 Å². The molecule has 3 rings (SSSR count). The van der Waals surface area contributed by atoms with Gasteiger partial charge in [0.05, 0.1) is 10.2 Å². The van der Waals surface area contributed by atoms with Gasteiger partial charge in [0, 0.05) is 19.5 Å². The van der Waals surface area contributed by atoms with E-state index in [4.69, 9.17) is 4.98 Å². The molecule has 2 aromatic carbocycles. The minimum absolute atomic E-state index is 0.149. The molecule has 1 aromatic heterocycles. The summed E-state index contributed by atoms with van der Waals surface area (Å²) in [5, 5.41) is 0.818. The number of benzene rings is 2. The number of hydrogen-bond acceptors (Lipinski definition) is 4. The largest absolute Gasteiger partial charge is 0.302 e. The van der Waals surface area contributed by atoms with E-state index >= 15 is 0 Å². The number of carbonyl (C=O) groups excluding carboxylic acids is 1. The summed E-state index contributed by atoms with van der Waals surface area (Å²) in [6.45, 7) is 10.00. The Morgan fingerprint density at radius 2 is 1.72 bits per heavy atom. The van der Waals surface area contributed by atoms with Gasteiger partial charge in [-0.2, -0.15) is 0 Å². The van der Waals surface area contributed by atoms with Crippen molar-refractivity contribution in [1.29, 1.82) is 0 Å². The zero-order chi connectivity index (χ0) is 20.6. The molecule has 5 heteroatoms. The van der Waals surface area contributed by atoms with E-state index in [0.717, 1.165) is 47.8 Å². The van der Waals surface area contributed by atoms with E-state index in [2.05, 4.69) is 56.0 Å². The minimum atomic E-state index is 0.149. The smallest absolute Gasteiger partial charge is 0.229 e. The third kappa shape index (κ3) is 5.64. The molecule has 0 aliphatic carbocycles. The number of likely N-dealkylation sites (N-methyl/N-ethyl adjacent to an activating group) is 1. The fraction of sp³-hybridized carbons (Fsp3) is 0.417. The lowest BCUT2D eigenvalue weighted by Gasteiger charge is -2.24. The average Bonchev–Trinajstić information content (AvgIpc) is 3.18. The summed E-state index contributed by atoms with van der Waals surface area (Å²) in [5.41, 5.74) is 3.48. The van der Waals surface area contributed by atoms with Crippen molar-refractivity contribution in [2.75, 3.05) is 31.1 Å². The maximum Gasteiger partial charge on any atom is 0.229 e. The van der Waals surface area contributed by atoms with Crippen LogP contribution in [0.2, 0.25) is 0 Å². The average molecular weight is 410 g/mol. The number of hydrogen-bond donors (Lipinski definition) is 0. The molecule has 0 N–H and O–H groups in total. The number of amides is 1. The zero-order valence-corrected chi connectivity index (χ0v) is 18.5. The van der Waals surface area contributed by atoms with Crippen LogP contribution in [0.4, 0.5) is 5.13 Å². The Bertz CT molecular complexity index is 918. The van der Waals surface area contributed by atoms with Gasteiger partial charge in [0.15, 0.2) is 5.13 Å². The number of thiazole rings is 1. The Morgan fingerprint density at radius 3 is 2.41 bits per heavy atom. The van der Waals surface area contributed by atoms with E-state index in [1.165, 1.54) is 11.1 Å². The van der Waals surface area contributed by atoms with E-state index < -0.39 is 0 Å². The topological polar surface area (TPSA) is 36.4 Å². The molecule has 0 bridgehead atoms. The van der Waals surface area contributed by atoms with E-state index in [1.54, 1.807) is 11.3 Å². The number of anilines is 1. The Balaban J connectivity index is 1.80. The molecule has 0 aliphatic rings. The molecule has 29 heavy (non-hydrogen) atoms. The van der Waals surface area contributed by atoms with Crippen LogP contribution < -0.4 is 4.90 Å². The summed E-state index contributed by atoms with van der Waals surface area (Å²) in [7, 11) is 0. The molecule has 1 heterocycles. The summed E-state index contributed by atoms with van der Waals surface area (Å²) in [4.78, 5) is 22.2. The molecule has 154 valence electrons. The summed E-state index contributed by atoms with van der Waals surface area (Å²) >= 11 is 1.63. The number of nitrogens with zero attached hydrogens (tertiary/aromatic N) is 3. The van der Waals surface area contributed by atoms with Crippen molar-refractivity contribution in [3.8, 4) is 0 Å². The summed E-state index contributed by atoms with van der Waals surface area (Å²) < 4.78 is 1.16. The highest BCUT2D eigenvalue weighted by molar-refractivity contribution is 7.22. The monoisotopic (exact) mass is 409 g/mol. The number of rotatable bonds is 10. The van der Waals surface area contributed by atoms with E-state index in [0.29, 0.717) is 13.0 Å². The Labute approximate surface area is 178 Å². The van der Waals surface area contributed by atoms with Crippen molar-refractivity contribution in [1.82, 2.24) is 9.88 Å². The molecule has 3 aromatic rings. The second-order valence-electron chi connectivity index (χ2n) is 7.21. The molecule has 0 aliphatic heterocycles. The minimum Gasteiger partial charge on any atom is -0.302 e. The highest BCUT2D eigenvalue weighted by Gasteiger charge is 2.20. The highest BCUT2D eigenvalue weighted by atomic mass is 32.1. The zero-order valence-electron chi connectivity index (χ0n) is 17.7. The van der Waals surface area contributed by atoms with Crippen LogP contribution in [0.3, 0.4) is 0 Å². The van der Waals surface area contributed by atoms with Gasteiger partial charge < -0.3 is 4.90 Å². The standard InChI is InChI=1S/C24H31N3OS/c1-4-19-12-14-21-22(18-19)29-24(25-21)27(17-16-26(5-2)6-3)23(28)15-13-20-10-8-7-9-11-20/h7-12,14,18H,4-6,13,15-17H2,1-3H3. The first-order valence-corrected chi connectivity index (χ1v) is 11.4. The molecule has 0 spiro atoms. The lowest BCUT2D eigenvalue weighted by Crippen LogP contribution is -2.39. The first-order chi connectivity index (χ1) is 14.1. The van der Waals surface area contributed by atoms with Gasteiger partial charge in [-0.05, 0) is 49.2 Å².